The Hall–Kier alpha value is -0.340. The van der Waals surface area contributed by atoms with E-state index in [0.717, 1.165) is 42.1 Å². The van der Waals surface area contributed by atoms with Crippen LogP contribution in [0.2, 0.25) is 0 Å². The molecule has 0 bridgehead atoms. The van der Waals surface area contributed by atoms with E-state index in [-0.39, 0.29) is 0 Å². The van der Waals surface area contributed by atoms with Crippen LogP contribution in [0.5, 0.6) is 0 Å². The summed E-state index contributed by atoms with van der Waals surface area (Å²) >= 11 is 0. The molecule has 0 radical (unpaired) electrons. The van der Waals surface area contributed by atoms with Gasteiger partial charge in [-0.05, 0) is 98.2 Å². The molecule has 7 unspecified atom stereocenters. The van der Waals surface area contributed by atoms with Crippen molar-refractivity contribution in [3.05, 3.63) is 12.2 Å². The van der Waals surface area contributed by atoms with Gasteiger partial charge in [0.2, 0.25) is 0 Å². The molecule has 2 N–H and O–H groups in total. The highest BCUT2D eigenvalue weighted by Gasteiger charge is 2.57. The Balaban J connectivity index is 1.51. The molecule has 0 heterocycles. The standard InChI is InChI=1S/C23H40N2/c1-15-5-7-18-17(13-15)6-8-20-19(18)11-12-23(3)21(9-10-22(20)23)16(2)14-25(4)24/h15,17-22H,2,5-14,24H2,1,3-4H3/t15-,17?,18?,19?,20?,21?,22?,23?/m0/s1. The van der Waals surface area contributed by atoms with Gasteiger partial charge in [-0.15, -0.1) is 0 Å². The zero-order chi connectivity index (χ0) is 17.8. The zero-order valence-corrected chi connectivity index (χ0v) is 16.8. The summed E-state index contributed by atoms with van der Waals surface area (Å²) in [5.74, 6) is 12.8. The molecule has 4 rings (SSSR count). The van der Waals surface area contributed by atoms with Gasteiger partial charge in [0.15, 0.2) is 0 Å². The molecule has 0 aromatic rings. The van der Waals surface area contributed by atoms with Crippen LogP contribution < -0.4 is 5.84 Å². The number of fused-ring (bicyclic) bond motifs is 5. The lowest BCUT2D eigenvalue weighted by Crippen LogP contribution is -2.49. The van der Waals surface area contributed by atoms with Gasteiger partial charge in [-0.3, -0.25) is 5.84 Å². The minimum absolute atomic E-state index is 0.503. The predicted molar refractivity (Wildman–Crippen MR) is 106 cm³/mol. The lowest BCUT2D eigenvalue weighted by molar-refractivity contribution is -0.0637. The molecule has 0 aliphatic heterocycles. The van der Waals surface area contributed by atoms with Crippen molar-refractivity contribution in [3.8, 4) is 0 Å². The molecular weight excluding hydrogens is 304 g/mol. The second kappa shape index (κ2) is 6.68. The Morgan fingerprint density at radius 2 is 1.80 bits per heavy atom. The summed E-state index contributed by atoms with van der Waals surface area (Å²) in [4.78, 5) is 0. The maximum atomic E-state index is 5.94. The van der Waals surface area contributed by atoms with Crippen molar-refractivity contribution in [2.24, 2.45) is 52.7 Å². The third-order valence-electron chi connectivity index (χ3n) is 9.16. The zero-order valence-electron chi connectivity index (χ0n) is 16.8. The first-order chi connectivity index (χ1) is 11.9. The topological polar surface area (TPSA) is 29.3 Å². The summed E-state index contributed by atoms with van der Waals surface area (Å²) in [6.07, 6.45) is 13.3. The van der Waals surface area contributed by atoms with Gasteiger partial charge >= 0.3 is 0 Å². The molecule has 8 atom stereocenters. The SMILES string of the molecule is C=C(CN(C)N)C1CCC2C3CCC4C[C@@H](C)CCC4C3CCC12C. The molecule has 2 heteroatoms. The number of likely N-dealkylation sites (N-methyl/N-ethyl adjacent to an activating group) is 1. The van der Waals surface area contributed by atoms with E-state index in [9.17, 15) is 0 Å². The van der Waals surface area contributed by atoms with Crippen LogP contribution in [0.4, 0.5) is 0 Å². The van der Waals surface area contributed by atoms with Crippen LogP contribution in [0.3, 0.4) is 0 Å². The maximum Gasteiger partial charge on any atom is 0.0335 e. The van der Waals surface area contributed by atoms with E-state index in [1.54, 1.807) is 0 Å². The number of hydrogen-bond donors (Lipinski definition) is 1. The van der Waals surface area contributed by atoms with E-state index in [0.29, 0.717) is 11.3 Å². The number of nitrogens with zero attached hydrogens (tertiary/aromatic N) is 1. The lowest BCUT2D eigenvalue weighted by Gasteiger charge is -2.56. The molecule has 0 spiro atoms. The molecule has 0 aromatic carbocycles. The smallest absolute Gasteiger partial charge is 0.0335 e. The van der Waals surface area contributed by atoms with E-state index >= 15 is 0 Å². The molecule has 4 saturated carbocycles. The fraction of sp³-hybridized carbons (Fsp3) is 0.913. The van der Waals surface area contributed by atoms with Crippen molar-refractivity contribution in [1.29, 1.82) is 0 Å². The number of rotatable bonds is 3. The van der Waals surface area contributed by atoms with E-state index in [2.05, 4.69) is 20.4 Å². The van der Waals surface area contributed by atoms with Crippen LogP contribution in [-0.4, -0.2) is 18.6 Å². The van der Waals surface area contributed by atoms with Crippen LogP contribution in [-0.2, 0) is 0 Å². The third kappa shape index (κ3) is 3.02. The normalized spacial score (nSPS) is 49.4. The fourth-order valence-corrected chi connectivity index (χ4v) is 8.19. The van der Waals surface area contributed by atoms with Crippen LogP contribution in [0.1, 0.15) is 71.6 Å². The minimum atomic E-state index is 0.503. The Morgan fingerprint density at radius 3 is 2.56 bits per heavy atom. The highest BCUT2D eigenvalue weighted by atomic mass is 15.4. The van der Waals surface area contributed by atoms with E-state index < -0.39 is 0 Å². The second-order valence-corrected chi connectivity index (χ2v) is 10.6. The van der Waals surface area contributed by atoms with Crippen molar-refractivity contribution in [2.45, 2.75) is 71.6 Å². The van der Waals surface area contributed by atoms with Crippen molar-refractivity contribution < 1.29 is 0 Å². The van der Waals surface area contributed by atoms with Crippen molar-refractivity contribution in [3.63, 3.8) is 0 Å². The quantitative estimate of drug-likeness (QED) is 0.430. The van der Waals surface area contributed by atoms with Gasteiger partial charge in [-0.1, -0.05) is 32.4 Å². The third-order valence-corrected chi connectivity index (χ3v) is 9.16. The summed E-state index contributed by atoms with van der Waals surface area (Å²) in [6, 6.07) is 0. The molecule has 2 nitrogen and oxygen atoms in total. The average Bonchev–Trinajstić information content (AvgIpc) is 2.91. The Bertz CT molecular complexity index is 512. The number of nitrogens with two attached hydrogens (primary N) is 1. The highest BCUT2D eigenvalue weighted by molar-refractivity contribution is 5.16. The molecule has 25 heavy (non-hydrogen) atoms. The van der Waals surface area contributed by atoms with Crippen LogP contribution in [0.15, 0.2) is 12.2 Å². The summed E-state index contributed by atoms with van der Waals surface area (Å²) in [6.45, 7) is 10.4. The number of hydrazine groups is 1. The molecule has 0 amide bonds. The van der Waals surface area contributed by atoms with Gasteiger partial charge in [0, 0.05) is 13.6 Å². The maximum absolute atomic E-state index is 5.94. The summed E-state index contributed by atoms with van der Waals surface area (Å²) in [5, 5.41) is 1.82. The van der Waals surface area contributed by atoms with Crippen molar-refractivity contribution in [1.82, 2.24) is 5.01 Å². The number of hydrogen-bond acceptors (Lipinski definition) is 2. The van der Waals surface area contributed by atoms with Gasteiger partial charge in [-0.25, -0.2) is 5.01 Å². The highest BCUT2D eigenvalue weighted by Crippen LogP contribution is 2.65. The first-order valence-corrected chi connectivity index (χ1v) is 11.0. The molecule has 0 aromatic heterocycles. The van der Waals surface area contributed by atoms with Crippen molar-refractivity contribution >= 4 is 0 Å². The van der Waals surface area contributed by atoms with Gasteiger partial charge in [0.05, 0.1) is 0 Å². The van der Waals surface area contributed by atoms with Gasteiger partial charge in [0.25, 0.3) is 0 Å². The van der Waals surface area contributed by atoms with Crippen LogP contribution >= 0.6 is 0 Å². The first-order valence-electron chi connectivity index (χ1n) is 11.0. The predicted octanol–water partition coefficient (Wildman–Crippen LogP) is 5.25. The molecule has 4 aliphatic carbocycles. The van der Waals surface area contributed by atoms with E-state index in [4.69, 9.17) is 5.84 Å². The van der Waals surface area contributed by atoms with Gasteiger partial charge in [0.1, 0.15) is 0 Å². The van der Waals surface area contributed by atoms with Gasteiger partial charge < -0.3 is 0 Å². The Labute approximate surface area is 155 Å². The largest absolute Gasteiger partial charge is 0.269 e. The van der Waals surface area contributed by atoms with Crippen LogP contribution in [0, 0.1) is 46.8 Å². The average molecular weight is 345 g/mol. The summed E-state index contributed by atoms with van der Waals surface area (Å²) in [5.41, 5.74) is 1.90. The Kier molecular flexibility index (Phi) is 4.82. The van der Waals surface area contributed by atoms with Gasteiger partial charge in [-0.2, -0.15) is 0 Å². The second-order valence-electron chi connectivity index (χ2n) is 10.6. The van der Waals surface area contributed by atoms with E-state index in [1.165, 1.54) is 63.4 Å². The monoisotopic (exact) mass is 344 g/mol. The lowest BCUT2D eigenvalue weighted by atomic mass is 9.49. The minimum Gasteiger partial charge on any atom is -0.269 e. The fourth-order valence-electron chi connectivity index (χ4n) is 8.19. The molecule has 142 valence electrons. The van der Waals surface area contributed by atoms with E-state index in [1.807, 2.05) is 12.1 Å². The Morgan fingerprint density at radius 1 is 1.04 bits per heavy atom. The summed E-state index contributed by atoms with van der Waals surface area (Å²) < 4.78 is 0. The van der Waals surface area contributed by atoms with Crippen LogP contribution in [0.25, 0.3) is 0 Å². The molecule has 4 aliphatic rings. The first kappa shape index (κ1) is 18.0. The molecule has 4 fully saturated rings. The molecular formula is C23H40N2. The van der Waals surface area contributed by atoms with Crippen molar-refractivity contribution in [2.75, 3.05) is 13.6 Å². The summed E-state index contributed by atoms with van der Waals surface area (Å²) in [7, 11) is 1.97. The molecule has 0 saturated heterocycles.